The molecule has 0 aromatic heterocycles. The van der Waals surface area contributed by atoms with Crippen LogP contribution >= 0.6 is 0 Å². The first-order valence-electron chi connectivity index (χ1n) is 8.04. The van der Waals surface area contributed by atoms with Crippen molar-refractivity contribution in [3.63, 3.8) is 0 Å². The number of hydrogen-bond donors (Lipinski definition) is 3. The van der Waals surface area contributed by atoms with Gasteiger partial charge in [0, 0.05) is 6.54 Å². The molecular weight excluding hydrogens is 288 g/mol. The second-order valence-corrected chi connectivity index (χ2v) is 6.03. The number of urea groups is 1. The van der Waals surface area contributed by atoms with E-state index < -0.39 is 5.60 Å². The van der Waals surface area contributed by atoms with Crippen LogP contribution in [-0.4, -0.2) is 24.2 Å². The zero-order chi connectivity index (χ0) is 16.1. The Balaban J connectivity index is 1.46. The molecule has 120 valence electrons. The molecule has 2 amide bonds. The summed E-state index contributed by atoms with van der Waals surface area (Å²) in [7, 11) is 0. The third-order valence-corrected chi connectivity index (χ3v) is 4.41. The summed E-state index contributed by atoms with van der Waals surface area (Å²) >= 11 is 0. The molecule has 0 bridgehead atoms. The maximum atomic E-state index is 11.9. The van der Waals surface area contributed by atoms with E-state index in [4.69, 9.17) is 0 Å². The van der Waals surface area contributed by atoms with Crippen LogP contribution in [0.3, 0.4) is 0 Å². The van der Waals surface area contributed by atoms with E-state index >= 15 is 0 Å². The van der Waals surface area contributed by atoms with E-state index in [2.05, 4.69) is 10.6 Å². The van der Waals surface area contributed by atoms with Gasteiger partial charge in [-0.25, -0.2) is 4.79 Å². The molecular formula is C19H22N2O2. The van der Waals surface area contributed by atoms with Gasteiger partial charge in [0.25, 0.3) is 0 Å². The fourth-order valence-corrected chi connectivity index (χ4v) is 3.11. The number of carbonyl (C=O) groups excluding carboxylic acids is 1. The summed E-state index contributed by atoms with van der Waals surface area (Å²) in [6, 6.07) is 17.7. The first-order chi connectivity index (χ1) is 11.2. The Kier molecular flexibility index (Phi) is 4.63. The summed E-state index contributed by atoms with van der Waals surface area (Å²) in [5.74, 6) is 0. The highest BCUT2D eigenvalue weighted by molar-refractivity contribution is 5.74. The maximum Gasteiger partial charge on any atom is 0.314 e. The summed E-state index contributed by atoms with van der Waals surface area (Å²) in [6.07, 6.45) is 2.29. The van der Waals surface area contributed by atoms with Crippen molar-refractivity contribution in [2.24, 2.45) is 0 Å². The molecule has 0 aliphatic heterocycles. The summed E-state index contributed by atoms with van der Waals surface area (Å²) in [5.41, 5.74) is 2.34. The molecule has 1 aliphatic carbocycles. The second-order valence-electron chi connectivity index (χ2n) is 6.03. The summed E-state index contributed by atoms with van der Waals surface area (Å²) in [6.45, 7) is 0.812. The molecule has 4 nitrogen and oxygen atoms in total. The quantitative estimate of drug-likeness (QED) is 0.794. The van der Waals surface area contributed by atoms with Gasteiger partial charge in [-0.2, -0.15) is 0 Å². The van der Waals surface area contributed by atoms with E-state index in [9.17, 15) is 9.90 Å². The zero-order valence-corrected chi connectivity index (χ0v) is 13.1. The van der Waals surface area contributed by atoms with Crippen LogP contribution in [0.25, 0.3) is 0 Å². The molecule has 0 saturated carbocycles. The minimum absolute atomic E-state index is 0.237. The Hall–Kier alpha value is -2.33. The lowest BCUT2D eigenvalue weighted by molar-refractivity contribution is 0.0412. The van der Waals surface area contributed by atoms with Crippen molar-refractivity contribution in [3.8, 4) is 0 Å². The molecule has 0 heterocycles. The van der Waals surface area contributed by atoms with Gasteiger partial charge < -0.3 is 15.7 Å². The van der Waals surface area contributed by atoms with E-state index in [0.717, 1.165) is 18.4 Å². The van der Waals surface area contributed by atoms with E-state index in [1.54, 1.807) is 0 Å². The summed E-state index contributed by atoms with van der Waals surface area (Å²) in [5, 5.41) is 16.4. The van der Waals surface area contributed by atoms with Crippen molar-refractivity contribution in [3.05, 3.63) is 71.3 Å². The minimum Gasteiger partial charge on any atom is -0.383 e. The molecule has 2 aromatic rings. The third kappa shape index (κ3) is 3.71. The van der Waals surface area contributed by atoms with E-state index in [-0.39, 0.29) is 12.6 Å². The van der Waals surface area contributed by atoms with Gasteiger partial charge in [0.2, 0.25) is 0 Å². The molecule has 23 heavy (non-hydrogen) atoms. The Bertz CT molecular complexity index is 672. The number of hydrogen-bond acceptors (Lipinski definition) is 2. The fourth-order valence-electron chi connectivity index (χ4n) is 3.11. The molecule has 4 heteroatoms. The maximum absolute atomic E-state index is 11.9. The normalized spacial score (nSPS) is 19.2. The van der Waals surface area contributed by atoms with Crippen LogP contribution in [0.2, 0.25) is 0 Å². The molecule has 0 radical (unpaired) electrons. The van der Waals surface area contributed by atoms with Crippen molar-refractivity contribution < 1.29 is 9.90 Å². The SMILES string of the molecule is O=C(NCCc1ccccc1)NCC1(O)CCc2ccccc21. The second kappa shape index (κ2) is 6.84. The fraction of sp³-hybridized carbons (Fsp3) is 0.316. The lowest BCUT2D eigenvalue weighted by atomic mass is 9.96. The number of nitrogens with one attached hydrogen (secondary N) is 2. The predicted molar refractivity (Wildman–Crippen MR) is 90.2 cm³/mol. The molecule has 3 N–H and O–H groups in total. The van der Waals surface area contributed by atoms with Gasteiger partial charge in [-0.05, 0) is 36.0 Å². The van der Waals surface area contributed by atoms with Crippen molar-refractivity contribution in [2.45, 2.75) is 24.9 Å². The monoisotopic (exact) mass is 310 g/mol. The van der Waals surface area contributed by atoms with E-state index in [0.29, 0.717) is 13.0 Å². The van der Waals surface area contributed by atoms with Gasteiger partial charge in [0.15, 0.2) is 0 Å². The third-order valence-electron chi connectivity index (χ3n) is 4.41. The minimum atomic E-state index is -0.951. The lowest BCUT2D eigenvalue weighted by Gasteiger charge is -2.24. The number of carbonyl (C=O) groups is 1. The average Bonchev–Trinajstić information content (AvgIpc) is 2.92. The summed E-state index contributed by atoms with van der Waals surface area (Å²) in [4.78, 5) is 11.9. The highest BCUT2D eigenvalue weighted by atomic mass is 16.3. The molecule has 0 saturated heterocycles. The van der Waals surface area contributed by atoms with Crippen LogP contribution < -0.4 is 10.6 Å². The number of aliphatic hydroxyl groups is 1. The van der Waals surface area contributed by atoms with Crippen LogP contribution in [0.15, 0.2) is 54.6 Å². The van der Waals surface area contributed by atoms with Gasteiger partial charge >= 0.3 is 6.03 Å². The van der Waals surface area contributed by atoms with Crippen LogP contribution in [0.1, 0.15) is 23.1 Å². The standard InChI is InChI=1S/C19H22N2O2/c22-18(20-13-11-15-6-2-1-3-7-15)21-14-19(23)12-10-16-8-4-5-9-17(16)19/h1-9,23H,10-14H2,(H2,20,21,22). The van der Waals surface area contributed by atoms with Gasteiger partial charge in [-0.15, -0.1) is 0 Å². The smallest absolute Gasteiger partial charge is 0.314 e. The van der Waals surface area contributed by atoms with Gasteiger partial charge in [0.1, 0.15) is 5.60 Å². The van der Waals surface area contributed by atoms with Crippen molar-refractivity contribution >= 4 is 6.03 Å². The Morgan fingerprint density at radius 2 is 1.78 bits per heavy atom. The topological polar surface area (TPSA) is 61.4 Å². The van der Waals surface area contributed by atoms with Crippen LogP contribution in [0, 0.1) is 0 Å². The molecule has 1 aliphatic rings. The van der Waals surface area contributed by atoms with Crippen LogP contribution in [-0.2, 0) is 18.4 Å². The van der Waals surface area contributed by atoms with Crippen LogP contribution in [0.5, 0.6) is 0 Å². The summed E-state index contributed by atoms with van der Waals surface area (Å²) < 4.78 is 0. The number of benzene rings is 2. The van der Waals surface area contributed by atoms with Crippen molar-refractivity contribution in [2.75, 3.05) is 13.1 Å². The number of fused-ring (bicyclic) bond motifs is 1. The molecule has 0 fully saturated rings. The van der Waals surface area contributed by atoms with Gasteiger partial charge in [-0.1, -0.05) is 54.6 Å². The average molecular weight is 310 g/mol. The number of amides is 2. The number of aryl methyl sites for hydroxylation is 1. The van der Waals surface area contributed by atoms with Crippen LogP contribution in [0.4, 0.5) is 4.79 Å². The predicted octanol–water partition coefficient (Wildman–Crippen LogP) is 2.36. The molecule has 2 aromatic carbocycles. The van der Waals surface area contributed by atoms with Gasteiger partial charge in [-0.3, -0.25) is 0 Å². The highest BCUT2D eigenvalue weighted by Gasteiger charge is 2.36. The Morgan fingerprint density at radius 1 is 1.04 bits per heavy atom. The largest absolute Gasteiger partial charge is 0.383 e. The first-order valence-corrected chi connectivity index (χ1v) is 8.04. The number of rotatable bonds is 5. The Morgan fingerprint density at radius 3 is 2.61 bits per heavy atom. The Labute approximate surface area is 136 Å². The van der Waals surface area contributed by atoms with Crippen molar-refractivity contribution in [1.82, 2.24) is 10.6 Å². The van der Waals surface area contributed by atoms with Gasteiger partial charge in [0.05, 0.1) is 6.54 Å². The van der Waals surface area contributed by atoms with E-state index in [1.807, 2.05) is 54.6 Å². The lowest BCUT2D eigenvalue weighted by Crippen LogP contribution is -2.44. The van der Waals surface area contributed by atoms with Crippen molar-refractivity contribution in [1.29, 1.82) is 0 Å². The zero-order valence-electron chi connectivity index (χ0n) is 13.1. The van der Waals surface area contributed by atoms with E-state index in [1.165, 1.54) is 11.1 Å². The molecule has 1 atom stereocenters. The highest BCUT2D eigenvalue weighted by Crippen LogP contribution is 2.35. The molecule has 3 rings (SSSR count). The molecule has 1 unspecified atom stereocenters. The first kappa shape index (κ1) is 15.6. The molecule has 0 spiro atoms.